The van der Waals surface area contributed by atoms with Crippen molar-refractivity contribution >= 4 is 34.3 Å². The number of hydrogen-bond acceptors (Lipinski definition) is 4. The fourth-order valence-electron chi connectivity index (χ4n) is 3.00. The molecule has 0 aliphatic rings. The maximum Gasteiger partial charge on any atom is 0.180 e. The number of imidazole rings is 1. The van der Waals surface area contributed by atoms with Gasteiger partial charge in [0.05, 0.1) is 34.3 Å². The highest BCUT2D eigenvalue weighted by Crippen LogP contribution is 2.38. The van der Waals surface area contributed by atoms with Crippen LogP contribution in [0.1, 0.15) is 43.3 Å². The van der Waals surface area contributed by atoms with Gasteiger partial charge in [-0.1, -0.05) is 11.6 Å². The number of allylic oxidation sites excluding steroid dienone is 1. The number of benzene rings is 2. The zero-order valence-corrected chi connectivity index (χ0v) is 18.0. The first kappa shape index (κ1) is 20.8. The van der Waals surface area contributed by atoms with Gasteiger partial charge in [-0.2, -0.15) is 5.26 Å². The van der Waals surface area contributed by atoms with Crippen LogP contribution in [0.25, 0.3) is 22.7 Å². The number of H-pyrrole nitrogens is 1. The molecule has 0 saturated carbocycles. The summed E-state index contributed by atoms with van der Waals surface area (Å²) in [6, 6.07) is 9.86. The lowest BCUT2D eigenvalue weighted by Crippen LogP contribution is -2.08. The van der Waals surface area contributed by atoms with Gasteiger partial charge in [0.1, 0.15) is 11.9 Å². The number of fused-ring (bicyclic) bond motifs is 1. The zero-order valence-electron chi connectivity index (χ0n) is 17.3. The van der Waals surface area contributed by atoms with Crippen LogP contribution in [0.5, 0.6) is 11.5 Å². The smallest absolute Gasteiger partial charge is 0.180 e. The van der Waals surface area contributed by atoms with Gasteiger partial charge >= 0.3 is 0 Å². The number of ether oxygens (including phenoxy) is 2. The number of aromatic amines is 1. The van der Waals surface area contributed by atoms with Crippen molar-refractivity contribution in [2.45, 2.75) is 40.7 Å². The lowest BCUT2D eigenvalue weighted by atomic mass is 10.1. The Labute approximate surface area is 175 Å². The van der Waals surface area contributed by atoms with E-state index in [-0.39, 0.29) is 6.10 Å². The maximum absolute atomic E-state index is 9.72. The molecular formula is C23H24ClN3O2. The SMILES string of the molecule is CCOc1cc(/C=C(/C#N)c2nc3cc(C)c(C)cc3[nH]2)cc(Cl)c1OC(C)C. The van der Waals surface area contributed by atoms with Crippen molar-refractivity contribution in [1.82, 2.24) is 9.97 Å². The van der Waals surface area contributed by atoms with Crippen LogP contribution in [0.3, 0.4) is 0 Å². The predicted molar refractivity (Wildman–Crippen MR) is 117 cm³/mol. The van der Waals surface area contributed by atoms with Gasteiger partial charge in [0, 0.05) is 0 Å². The molecule has 3 rings (SSSR count). The van der Waals surface area contributed by atoms with E-state index in [1.807, 2.05) is 52.8 Å². The summed E-state index contributed by atoms with van der Waals surface area (Å²) < 4.78 is 11.5. The Kier molecular flexibility index (Phi) is 6.14. The molecule has 29 heavy (non-hydrogen) atoms. The minimum Gasteiger partial charge on any atom is -0.490 e. The molecule has 2 aromatic carbocycles. The first-order valence-electron chi connectivity index (χ1n) is 9.54. The summed E-state index contributed by atoms with van der Waals surface area (Å²) in [7, 11) is 0. The van der Waals surface area contributed by atoms with Crippen LogP contribution in [-0.2, 0) is 0 Å². The topological polar surface area (TPSA) is 70.9 Å². The molecule has 6 heteroatoms. The van der Waals surface area contributed by atoms with Gasteiger partial charge in [-0.05, 0) is 81.7 Å². The van der Waals surface area contributed by atoms with E-state index >= 15 is 0 Å². The molecule has 1 N–H and O–H groups in total. The van der Waals surface area contributed by atoms with E-state index in [0.717, 1.165) is 22.2 Å². The van der Waals surface area contributed by atoms with Gasteiger partial charge in [0.2, 0.25) is 0 Å². The molecule has 0 bridgehead atoms. The summed E-state index contributed by atoms with van der Waals surface area (Å²) in [4.78, 5) is 7.82. The predicted octanol–water partition coefficient (Wildman–Crippen LogP) is 6.08. The van der Waals surface area contributed by atoms with Crippen molar-refractivity contribution in [2.75, 3.05) is 6.61 Å². The molecule has 150 valence electrons. The minimum atomic E-state index is -0.0368. The lowest BCUT2D eigenvalue weighted by molar-refractivity contribution is 0.224. The average Bonchev–Trinajstić information content (AvgIpc) is 3.05. The first-order chi connectivity index (χ1) is 13.8. The van der Waals surface area contributed by atoms with Crippen LogP contribution < -0.4 is 9.47 Å². The highest BCUT2D eigenvalue weighted by atomic mass is 35.5. The molecule has 0 spiro atoms. The third-order valence-electron chi connectivity index (χ3n) is 4.47. The number of aromatic nitrogens is 2. The molecule has 0 saturated heterocycles. The number of nitriles is 1. The van der Waals surface area contributed by atoms with Crippen LogP contribution in [0.2, 0.25) is 5.02 Å². The third-order valence-corrected chi connectivity index (χ3v) is 4.75. The van der Waals surface area contributed by atoms with Crippen LogP contribution in [0.4, 0.5) is 0 Å². The van der Waals surface area contributed by atoms with Gasteiger partial charge in [-0.25, -0.2) is 4.98 Å². The fraction of sp³-hybridized carbons (Fsp3) is 0.304. The standard InChI is InChI=1S/C23H24ClN3O2/c1-6-28-21-11-16(10-18(24)22(21)29-13(2)3)9-17(12-25)23-26-19-7-14(4)15(5)8-20(19)27-23/h7-11,13H,6H2,1-5H3,(H,26,27)/b17-9-. The molecular weight excluding hydrogens is 386 g/mol. The zero-order chi connectivity index (χ0) is 21.1. The van der Waals surface area contributed by atoms with Crippen LogP contribution in [0.15, 0.2) is 24.3 Å². The first-order valence-corrected chi connectivity index (χ1v) is 9.92. The number of halogens is 1. The summed E-state index contributed by atoms with van der Waals surface area (Å²) in [6.07, 6.45) is 1.70. The normalized spacial score (nSPS) is 11.7. The van der Waals surface area contributed by atoms with Crippen molar-refractivity contribution in [3.8, 4) is 17.6 Å². The fourth-order valence-corrected chi connectivity index (χ4v) is 3.27. The van der Waals surface area contributed by atoms with E-state index in [9.17, 15) is 5.26 Å². The van der Waals surface area contributed by atoms with Gasteiger partial charge in [-0.15, -0.1) is 0 Å². The molecule has 0 radical (unpaired) electrons. The third kappa shape index (κ3) is 4.55. The molecule has 1 heterocycles. The molecule has 3 aromatic rings. The van der Waals surface area contributed by atoms with Crippen molar-refractivity contribution in [2.24, 2.45) is 0 Å². The number of hydrogen-bond donors (Lipinski definition) is 1. The molecule has 0 fully saturated rings. The van der Waals surface area contributed by atoms with E-state index in [1.165, 1.54) is 5.56 Å². The van der Waals surface area contributed by atoms with Crippen LogP contribution >= 0.6 is 11.6 Å². The number of aryl methyl sites for hydroxylation is 2. The summed E-state index contributed by atoms with van der Waals surface area (Å²) in [5.74, 6) is 1.58. The minimum absolute atomic E-state index is 0.0368. The van der Waals surface area contributed by atoms with E-state index in [4.69, 9.17) is 21.1 Å². The van der Waals surface area contributed by atoms with Gasteiger partial charge < -0.3 is 14.5 Å². The van der Waals surface area contributed by atoms with Crippen LogP contribution in [-0.4, -0.2) is 22.7 Å². The van der Waals surface area contributed by atoms with E-state index < -0.39 is 0 Å². The average molecular weight is 410 g/mol. The number of nitrogens with one attached hydrogen (secondary N) is 1. The molecule has 0 atom stereocenters. The molecule has 5 nitrogen and oxygen atoms in total. The second kappa shape index (κ2) is 8.59. The van der Waals surface area contributed by atoms with E-state index in [1.54, 1.807) is 12.1 Å². The molecule has 0 unspecified atom stereocenters. The van der Waals surface area contributed by atoms with Gasteiger partial charge in [-0.3, -0.25) is 0 Å². The second-order valence-corrected chi connectivity index (χ2v) is 7.55. The highest BCUT2D eigenvalue weighted by Gasteiger charge is 2.15. The summed E-state index contributed by atoms with van der Waals surface area (Å²) in [6.45, 7) is 10.3. The Morgan fingerprint density at radius 1 is 1.24 bits per heavy atom. The summed E-state index contributed by atoms with van der Waals surface area (Å²) in [5.41, 5.74) is 5.21. The van der Waals surface area contributed by atoms with Gasteiger partial charge in [0.15, 0.2) is 11.5 Å². The molecule has 0 aliphatic heterocycles. The Morgan fingerprint density at radius 3 is 2.62 bits per heavy atom. The Morgan fingerprint density at radius 2 is 1.97 bits per heavy atom. The van der Waals surface area contributed by atoms with E-state index in [2.05, 4.69) is 16.0 Å². The Bertz CT molecular complexity index is 1080. The number of rotatable bonds is 6. The monoisotopic (exact) mass is 409 g/mol. The summed E-state index contributed by atoms with van der Waals surface area (Å²) in [5, 5.41) is 10.2. The van der Waals surface area contributed by atoms with Crippen molar-refractivity contribution in [3.05, 3.63) is 51.8 Å². The molecule has 1 aromatic heterocycles. The lowest BCUT2D eigenvalue weighted by Gasteiger charge is -2.16. The molecule has 0 amide bonds. The Hall–Kier alpha value is -2.97. The van der Waals surface area contributed by atoms with E-state index in [0.29, 0.717) is 34.5 Å². The number of nitrogens with zero attached hydrogens (tertiary/aromatic N) is 2. The maximum atomic E-state index is 9.72. The van der Waals surface area contributed by atoms with Gasteiger partial charge in [0.25, 0.3) is 0 Å². The largest absolute Gasteiger partial charge is 0.490 e. The second-order valence-electron chi connectivity index (χ2n) is 7.14. The molecule has 0 aliphatic carbocycles. The van der Waals surface area contributed by atoms with Crippen LogP contribution in [0, 0.1) is 25.2 Å². The van der Waals surface area contributed by atoms with Crippen molar-refractivity contribution < 1.29 is 9.47 Å². The van der Waals surface area contributed by atoms with Crippen molar-refractivity contribution in [3.63, 3.8) is 0 Å². The van der Waals surface area contributed by atoms with Crippen molar-refractivity contribution in [1.29, 1.82) is 5.26 Å². The Balaban J connectivity index is 2.06. The highest BCUT2D eigenvalue weighted by molar-refractivity contribution is 6.32. The quantitative estimate of drug-likeness (QED) is 0.500. The summed E-state index contributed by atoms with van der Waals surface area (Å²) >= 11 is 6.45.